The van der Waals surface area contributed by atoms with Gasteiger partial charge in [0, 0.05) is 18.3 Å². The molecule has 3 fully saturated rings. The molecule has 0 bridgehead atoms. The van der Waals surface area contributed by atoms with Gasteiger partial charge in [-0.15, -0.1) is 0 Å². The van der Waals surface area contributed by atoms with E-state index in [2.05, 4.69) is 41.5 Å². The SMILES string of the molecule is CC1(C)CCC([O][Al]([O]C2CCC(C)(C)CC2)[O]C2CCC(C)(C)CC2)CC1. The molecule has 3 aliphatic carbocycles. The Hall–Kier alpha value is 0.412. The first kappa shape index (κ1) is 23.1. The molecule has 0 aliphatic heterocycles. The second-order valence-corrected chi connectivity index (χ2v) is 13.7. The van der Waals surface area contributed by atoms with Crippen molar-refractivity contribution in [3.8, 4) is 0 Å². The van der Waals surface area contributed by atoms with Crippen LogP contribution in [-0.2, 0) is 11.4 Å². The average Bonchev–Trinajstić information content (AvgIpc) is 2.60. The maximum Gasteiger partial charge on any atom is 0.906 e. The van der Waals surface area contributed by atoms with Crippen LogP contribution in [0.2, 0.25) is 0 Å². The number of hydrogen-bond acceptors (Lipinski definition) is 3. The summed E-state index contributed by atoms with van der Waals surface area (Å²) in [5.74, 6) is 0. The lowest BCUT2D eigenvalue weighted by Crippen LogP contribution is -2.42. The number of rotatable bonds is 6. The molecule has 0 aromatic carbocycles. The van der Waals surface area contributed by atoms with Crippen LogP contribution in [0.25, 0.3) is 0 Å². The zero-order valence-corrected chi connectivity index (χ0v) is 20.7. The Balaban J connectivity index is 1.54. The first-order valence-electron chi connectivity index (χ1n) is 12.0. The molecule has 3 saturated carbocycles. The second-order valence-electron chi connectivity index (χ2n) is 12.3. The van der Waals surface area contributed by atoms with Crippen LogP contribution in [0.4, 0.5) is 0 Å². The van der Waals surface area contributed by atoms with Crippen molar-refractivity contribution in [2.75, 3.05) is 0 Å². The fourth-order valence-corrected chi connectivity index (χ4v) is 7.05. The molecule has 0 N–H and O–H groups in total. The Kier molecular flexibility index (Phi) is 7.64. The highest BCUT2D eigenvalue weighted by Crippen LogP contribution is 2.40. The standard InChI is InChI=1S/3C8H15O.Al/c3*1-8(2)5-3-7(9)4-6-8;/h3*7H,3-6H2,1-2H3;/q3*-1;+3. The van der Waals surface area contributed by atoms with Crippen LogP contribution in [0.1, 0.15) is 119 Å². The van der Waals surface area contributed by atoms with Crippen LogP contribution in [0.15, 0.2) is 0 Å². The minimum atomic E-state index is -2.08. The molecule has 4 heteroatoms. The highest BCUT2D eigenvalue weighted by molar-refractivity contribution is 6.36. The van der Waals surface area contributed by atoms with Gasteiger partial charge >= 0.3 is 15.1 Å². The minimum absolute atomic E-state index is 0.352. The van der Waals surface area contributed by atoms with Gasteiger partial charge in [-0.05, 0) is 93.3 Å². The summed E-state index contributed by atoms with van der Waals surface area (Å²) in [5.41, 5.74) is 1.42. The van der Waals surface area contributed by atoms with E-state index in [0.717, 1.165) is 0 Å². The van der Waals surface area contributed by atoms with Gasteiger partial charge in [-0.2, -0.15) is 0 Å². The zero-order valence-electron chi connectivity index (χ0n) is 19.5. The highest BCUT2D eigenvalue weighted by Gasteiger charge is 2.43. The quantitative estimate of drug-likeness (QED) is 0.446. The summed E-state index contributed by atoms with van der Waals surface area (Å²) in [5, 5.41) is 0. The Morgan fingerprint density at radius 2 is 0.679 bits per heavy atom. The Morgan fingerprint density at radius 3 is 0.893 bits per heavy atom. The van der Waals surface area contributed by atoms with Crippen molar-refractivity contribution in [1.82, 2.24) is 0 Å². The highest BCUT2D eigenvalue weighted by atomic mass is 27.3. The first-order valence-corrected chi connectivity index (χ1v) is 13.4. The predicted molar refractivity (Wildman–Crippen MR) is 117 cm³/mol. The fraction of sp³-hybridized carbons (Fsp3) is 1.00. The maximum absolute atomic E-state index is 6.59. The van der Waals surface area contributed by atoms with Gasteiger partial charge in [0.2, 0.25) is 0 Å². The lowest BCUT2D eigenvalue weighted by atomic mass is 9.76. The largest absolute Gasteiger partial charge is 0.906 e. The van der Waals surface area contributed by atoms with Gasteiger partial charge in [-0.25, -0.2) is 0 Å². The van der Waals surface area contributed by atoms with E-state index >= 15 is 0 Å². The summed E-state index contributed by atoms with van der Waals surface area (Å²) in [6, 6.07) is 0. The van der Waals surface area contributed by atoms with Gasteiger partial charge in [0.1, 0.15) is 0 Å². The molecular weight excluding hydrogens is 363 g/mol. The molecule has 0 amide bonds. The molecular formula is C24H45AlO3. The molecule has 0 aromatic heterocycles. The molecule has 3 rings (SSSR count). The molecule has 28 heavy (non-hydrogen) atoms. The summed E-state index contributed by atoms with van der Waals surface area (Å²) >= 11 is -2.08. The van der Waals surface area contributed by atoms with E-state index in [4.69, 9.17) is 11.4 Å². The van der Waals surface area contributed by atoms with Gasteiger partial charge < -0.3 is 11.4 Å². The van der Waals surface area contributed by atoms with E-state index in [1.165, 1.54) is 77.0 Å². The summed E-state index contributed by atoms with van der Waals surface area (Å²) < 4.78 is 19.8. The van der Waals surface area contributed by atoms with E-state index in [-0.39, 0.29) is 0 Å². The molecule has 0 spiro atoms. The van der Waals surface area contributed by atoms with Crippen LogP contribution < -0.4 is 0 Å². The monoisotopic (exact) mass is 408 g/mol. The van der Waals surface area contributed by atoms with Gasteiger partial charge in [-0.1, -0.05) is 41.5 Å². The summed E-state index contributed by atoms with van der Waals surface area (Å²) in [6.45, 7) is 14.3. The first-order chi connectivity index (χ1) is 13.0. The molecule has 0 aromatic rings. The Bertz CT molecular complexity index is 401. The minimum Gasteiger partial charge on any atom is -0.452 e. The lowest BCUT2D eigenvalue weighted by molar-refractivity contribution is -0.0355. The molecule has 162 valence electrons. The van der Waals surface area contributed by atoms with Crippen molar-refractivity contribution in [2.45, 2.75) is 137 Å². The van der Waals surface area contributed by atoms with Gasteiger partial charge in [0.15, 0.2) is 0 Å². The fourth-order valence-electron chi connectivity index (χ4n) is 5.09. The molecule has 3 aliphatic rings. The zero-order chi connectivity index (χ0) is 20.4. The van der Waals surface area contributed by atoms with E-state index in [1.54, 1.807) is 0 Å². The third-order valence-electron chi connectivity index (χ3n) is 7.77. The number of hydrogen-bond donors (Lipinski definition) is 0. The molecule has 0 heterocycles. The molecule has 0 radical (unpaired) electrons. The predicted octanol–water partition coefficient (Wildman–Crippen LogP) is 6.93. The van der Waals surface area contributed by atoms with Crippen molar-refractivity contribution in [3.05, 3.63) is 0 Å². The topological polar surface area (TPSA) is 27.7 Å². The van der Waals surface area contributed by atoms with Crippen LogP contribution in [0, 0.1) is 16.2 Å². The van der Waals surface area contributed by atoms with Crippen molar-refractivity contribution in [1.29, 1.82) is 0 Å². The third-order valence-corrected chi connectivity index (χ3v) is 9.59. The van der Waals surface area contributed by atoms with Gasteiger partial charge in [-0.3, -0.25) is 0 Å². The normalized spacial score (nSPS) is 28.9. The van der Waals surface area contributed by atoms with E-state index in [0.29, 0.717) is 34.6 Å². The van der Waals surface area contributed by atoms with Crippen LogP contribution >= 0.6 is 0 Å². The van der Waals surface area contributed by atoms with Gasteiger partial charge in [0.25, 0.3) is 0 Å². The van der Waals surface area contributed by atoms with E-state index in [1.807, 2.05) is 0 Å². The molecule has 0 saturated heterocycles. The Morgan fingerprint density at radius 1 is 0.464 bits per heavy atom. The van der Waals surface area contributed by atoms with Crippen LogP contribution in [-0.4, -0.2) is 33.5 Å². The summed E-state index contributed by atoms with van der Waals surface area (Å²) in [7, 11) is 0. The van der Waals surface area contributed by atoms with Gasteiger partial charge in [0.05, 0.1) is 0 Å². The summed E-state index contributed by atoms with van der Waals surface area (Å²) in [4.78, 5) is 0. The van der Waals surface area contributed by atoms with E-state index < -0.39 is 15.1 Å². The summed E-state index contributed by atoms with van der Waals surface area (Å²) in [6.07, 6.45) is 15.6. The van der Waals surface area contributed by atoms with Crippen molar-refractivity contribution in [3.63, 3.8) is 0 Å². The van der Waals surface area contributed by atoms with Crippen molar-refractivity contribution < 1.29 is 11.4 Å². The Labute approximate surface area is 179 Å². The molecule has 0 unspecified atom stereocenters. The van der Waals surface area contributed by atoms with Crippen LogP contribution in [0.5, 0.6) is 0 Å². The van der Waals surface area contributed by atoms with Crippen molar-refractivity contribution >= 4 is 15.1 Å². The van der Waals surface area contributed by atoms with E-state index in [9.17, 15) is 0 Å². The van der Waals surface area contributed by atoms with Crippen LogP contribution in [0.3, 0.4) is 0 Å². The molecule has 3 nitrogen and oxygen atoms in total. The van der Waals surface area contributed by atoms with Crippen molar-refractivity contribution in [2.24, 2.45) is 16.2 Å². The lowest BCUT2D eigenvalue weighted by Gasteiger charge is -2.39. The second kappa shape index (κ2) is 9.27. The molecule has 0 atom stereocenters. The smallest absolute Gasteiger partial charge is 0.452 e. The average molecular weight is 409 g/mol. The maximum atomic E-state index is 6.59. The third kappa shape index (κ3) is 7.28.